The number of hydrogen-bond acceptors (Lipinski definition) is 0. The summed E-state index contributed by atoms with van der Waals surface area (Å²) in [5.41, 5.74) is 0.794. The molecule has 76 valence electrons. The predicted octanol–water partition coefficient (Wildman–Crippen LogP) is 5.42. The molecule has 14 heavy (non-hydrogen) atoms. The van der Waals surface area contributed by atoms with Gasteiger partial charge in [-0.25, -0.2) is 0 Å². The molecule has 5 heteroatoms. The second-order valence-corrected chi connectivity index (χ2v) is 4.83. The molecule has 0 aliphatic heterocycles. The summed E-state index contributed by atoms with van der Waals surface area (Å²) in [4.78, 5) is 0. The topological polar surface area (TPSA) is 0 Å². The highest BCUT2D eigenvalue weighted by Crippen LogP contribution is 2.27. The molecule has 0 N–H and O–H groups in total. The molecule has 0 spiro atoms. The van der Waals surface area contributed by atoms with Gasteiger partial charge in [-0.2, -0.15) is 0 Å². The van der Waals surface area contributed by atoms with E-state index in [4.69, 9.17) is 58.0 Å². The van der Waals surface area contributed by atoms with Gasteiger partial charge in [0.05, 0.1) is 5.03 Å². The summed E-state index contributed by atoms with van der Waals surface area (Å²) in [6.07, 6.45) is 0.378. The summed E-state index contributed by atoms with van der Waals surface area (Å²) in [6.45, 7) is 0. The normalized spacial score (nSPS) is 10.1. The van der Waals surface area contributed by atoms with Crippen LogP contribution in [0.15, 0.2) is 27.7 Å². The molecule has 1 aromatic carbocycles. The molecule has 0 unspecified atom stereocenters. The van der Waals surface area contributed by atoms with Crippen LogP contribution >= 0.6 is 58.0 Å². The predicted molar refractivity (Wildman–Crippen MR) is 64.8 cm³/mol. The van der Waals surface area contributed by atoms with Gasteiger partial charge in [0.2, 0.25) is 0 Å². The summed E-state index contributed by atoms with van der Waals surface area (Å²) in [5.74, 6) is 0. The van der Waals surface area contributed by atoms with Crippen molar-refractivity contribution in [3.63, 3.8) is 0 Å². The molecular weight excluding hydrogens is 285 g/mol. The van der Waals surface area contributed by atoms with E-state index in [1.807, 2.05) is 0 Å². The Kier molecular flexibility index (Phi) is 4.89. The van der Waals surface area contributed by atoms with Gasteiger partial charge in [-0.3, -0.25) is 0 Å². The first-order valence-corrected chi connectivity index (χ1v) is 5.53. The van der Waals surface area contributed by atoms with Crippen molar-refractivity contribution in [2.24, 2.45) is 0 Å². The maximum Gasteiger partial charge on any atom is 0.121 e. The van der Waals surface area contributed by atoms with Crippen LogP contribution in [0.1, 0.15) is 5.56 Å². The van der Waals surface area contributed by atoms with Crippen LogP contribution in [-0.4, -0.2) is 0 Å². The second-order valence-electron chi connectivity index (χ2n) is 2.58. The van der Waals surface area contributed by atoms with E-state index in [2.05, 4.69) is 0 Å². The molecule has 0 heterocycles. The number of rotatable bonds is 2. The van der Waals surface area contributed by atoms with Crippen molar-refractivity contribution in [1.82, 2.24) is 0 Å². The largest absolute Gasteiger partial charge is 0.121 e. The van der Waals surface area contributed by atoms with Gasteiger partial charge in [0, 0.05) is 16.5 Å². The Morgan fingerprint density at radius 3 is 2.29 bits per heavy atom. The first kappa shape index (κ1) is 12.5. The third kappa shape index (κ3) is 3.52. The molecule has 0 fully saturated rings. The molecule has 0 aliphatic carbocycles. The molecule has 0 bridgehead atoms. The first-order chi connectivity index (χ1) is 6.50. The van der Waals surface area contributed by atoms with E-state index in [0.29, 0.717) is 21.5 Å². The molecule has 0 saturated heterocycles. The maximum atomic E-state index is 5.92. The van der Waals surface area contributed by atoms with Crippen LogP contribution in [0.4, 0.5) is 0 Å². The molecule has 0 atom stereocenters. The van der Waals surface area contributed by atoms with Crippen LogP contribution in [0.3, 0.4) is 0 Å². The summed E-state index contributed by atoms with van der Waals surface area (Å²) in [6, 6.07) is 5.13. The summed E-state index contributed by atoms with van der Waals surface area (Å²) < 4.78 is 0.0442. The maximum absolute atomic E-state index is 5.92. The lowest BCUT2D eigenvalue weighted by atomic mass is 10.1. The standard InChI is InChI=1S/C9H5Cl5/c10-6-1-2-7(11)5(3-6)4-8(12)9(13)14/h1-3H,4H2. The quantitative estimate of drug-likeness (QED) is 0.682. The Labute approximate surface area is 107 Å². The van der Waals surface area contributed by atoms with E-state index < -0.39 is 0 Å². The molecule has 0 amide bonds. The molecule has 0 aliphatic rings. The third-order valence-electron chi connectivity index (χ3n) is 1.56. The monoisotopic (exact) mass is 288 g/mol. The Bertz CT molecular complexity index is 365. The Morgan fingerprint density at radius 1 is 1.07 bits per heavy atom. The molecule has 1 rings (SSSR count). The van der Waals surface area contributed by atoms with Crippen molar-refractivity contribution >= 4 is 58.0 Å². The minimum atomic E-state index is 0.0442. The molecule has 0 nitrogen and oxygen atoms in total. The van der Waals surface area contributed by atoms with Gasteiger partial charge in [0.25, 0.3) is 0 Å². The fourth-order valence-electron chi connectivity index (χ4n) is 0.913. The van der Waals surface area contributed by atoms with Crippen LogP contribution in [-0.2, 0) is 6.42 Å². The zero-order chi connectivity index (χ0) is 10.7. The molecule has 0 aromatic heterocycles. The lowest BCUT2D eigenvalue weighted by molar-refractivity contribution is 1.24. The Hall–Kier alpha value is 0.410. The fourth-order valence-corrected chi connectivity index (χ4v) is 1.57. The summed E-state index contributed by atoms with van der Waals surface area (Å²) in [5, 5.41) is 1.53. The molecular formula is C9H5Cl5. The number of hydrogen-bond donors (Lipinski definition) is 0. The fraction of sp³-hybridized carbons (Fsp3) is 0.111. The van der Waals surface area contributed by atoms with Crippen molar-refractivity contribution in [2.75, 3.05) is 0 Å². The number of benzene rings is 1. The zero-order valence-corrected chi connectivity index (χ0v) is 10.6. The van der Waals surface area contributed by atoms with Crippen LogP contribution in [0.25, 0.3) is 0 Å². The minimum absolute atomic E-state index is 0.0442. The molecule has 1 aromatic rings. The highest BCUT2D eigenvalue weighted by molar-refractivity contribution is 6.59. The minimum Gasteiger partial charge on any atom is -0.0862 e. The van der Waals surface area contributed by atoms with E-state index in [1.54, 1.807) is 18.2 Å². The highest BCUT2D eigenvalue weighted by atomic mass is 35.5. The Morgan fingerprint density at radius 2 is 1.71 bits per heavy atom. The van der Waals surface area contributed by atoms with E-state index in [-0.39, 0.29) is 4.49 Å². The van der Waals surface area contributed by atoms with Crippen molar-refractivity contribution < 1.29 is 0 Å². The Balaban J connectivity index is 2.97. The van der Waals surface area contributed by atoms with Gasteiger partial charge < -0.3 is 0 Å². The number of halogens is 5. The van der Waals surface area contributed by atoms with Crippen LogP contribution < -0.4 is 0 Å². The zero-order valence-electron chi connectivity index (χ0n) is 6.83. The van der Waals surface area contributed by atoms with Gasteiger partial charge in [-0.15, -0.1) is 0 Å². The first-order valence-electron chi connectivity index (χ1n) is 3.64. The van der Waals surface area contributed by atoms with Crippen molar-refractivity contribution in [3.8, 4) is 0 Å². The van der Waals surface area contributed by atoms with Crippen molar-refractivity contribution in [3.05, 3.63) is 43.3 Å². The van der Waals surface area contributed by atoms with Gasteiger partial charge in [0.15, 0.2) is 0 Å². The van der Waals surface area contributed by atoms with E-state index >= 15 is 0 Å². The van der Waals surface area contributed by atoms with E-state index in [0.717, 1.165) is 5.56 Å². The van der Waals surface area contributed by atoms with E-state index in [9.17, 15) is 0 Å². The highest BCUT2D eigenvalue weighted by Gasteiger charge is 2.05. The number of allylic oxidation sites excluding steroid dienone is 1. The van der Waals surface area contributed by atoms with Gasteiger partial charge >= 0.3 is 0 Å². The lowest BCUT2D eigenvalue weighted by Gasteiger charge is -2.03. The molecule has 0 radical (unpaired) electrons. The van der Waals surface area contributed by atoms with Crippen molar-refractivity contribution in [2.45, 2.75) is 6.42 Å². The SMILES string of the molecule is ClC(Cl)=C(Cl)Cc1cc(Cl)ccc1Cl. The van der Waals surface area contributed by atoms with Crippen LogP contribution in [0, 0.1) is 0 Å². The average molecular weight is 290 g/mol. The van der Waals surface area contributed by atoms with Crippen molar-refractivity contribution in [1.29, 1.82) is 0 Å². The molecule has 0 saturated carbocycles. The third-order valence-corrected chi connectivity index (χ3v) is 3.13. The average Bonchev–Trinajstić information content (AvgIpc) is 2.11. The summed E-state index contributed by atoms with van der Waals surface area (Å²) in [7, 11) is 0. The van der Waals surface area contributed by atoms with E-state index in [1.165, 1.54) is 0 Å². The summed E-state index contributed by atoms with van der Waals surface area (Å²) >= 11 is 28.5. The van der Waals surface area contributed by atoms with Gasteiger partial charge in [-0.05, 0) is 23.8 Å². The van der Waals surface area contributed by atoms with Gasteiger partial charge in [0.1, 0.15) is 4.49 Å². The van der Waals surface area contributed by atoms with Crippen LogP contribution in [0.5, 0.6) is 0 Å². The van der Waals surface area contributed by atoms with Crippen LogP contribution in [0.2, 0.25) is 10.0 Å². The van der Waals surface area contributed by atoms with Gasteiger partial charge in [-0.1, -0.05) is 58.0 Å². The second kappa shape index (κ2) is 5.48. The lowest BCUT2D eigenvalue weighted by Crippen LogP contribution is -1.87. The smallest absolute Gasteiger partial charge is 0.0862 e.